The molecule has 27 heavy (non-hydrogen) atoms. The zero-order valence-electron chi connectivity index (χ0n) is 15.6. The lowest BCUT2D eigenvalue weighted by Gasteiger charge is -2.10. The molecule has 0 spiro atoms. The fourth-order valence-corrected chi connectivity index (χ4v) is 3.04. The van der Waals surface area contributed by atoms with Crippen molar-refractivity contribution < 1.29 is 18.7 Å². The van der Waals surface area contributed by atoms with Gasteiger partial charge in [0.05, 0.1) is 25.0 Å². The number of methoxy groups -OCH3 is 1. The predicted octanol–water partition coefficient (Wildman–Crippen LogP) is 5.83. The number of carbonyl (C=O) groups is 1. The molecular formula is C21H22ClNO4. The predicted molar refractivity (Wildman–Crippen MR) is 107 cm³/mol. The molecule has 0 aliphatic carbocycles. The number of aryl methyl sites for hydroxylation is 1. The summed E-state index contributed by atoms with van der Waals surface area (Å²) >= 11 is 6.05. The standard InChI is InChI=1S/C21H22ClNO4/c1-4-5-10-26-15-7-9-18-16(12-15)20(13(2)27-18)21(24)23-17-11-14(22)6-8-19(17)25-3/h6-9,11-12H,4-5,10H2,1-3H3,(H,23,24). The fraction of sp³-hybridized carbons (Fsp3) is 0.286. The minimum absolute atomic E-state index is 0.294. The molecule has 1 N–H and O–H groups in total. The Hall–Kier alpha value is -2.66. The van der Waals surface area contributed by atoms with Gasteiger partial charge in [0.1, 0.15) is 22.8 Å². The molecule has 142 valence electrons. The maximum absolute atomic E-state index is 13.0. The highest BCUT2D eigenvalue weighted by molar-refractivity contribution is 6.31. The molecule has 0 atom stereocenters. The van der Waals surface area contributed by atoms with Crippen molar-refractivity contribution in [3.8, 4) is 11.5 Å². The van der Waals surface area contributed by atoms with Crippen LogP contribution in [0.4, 0.5) is 5.69 Å². The van der Waals surface area contributed by atoms with Crippen molar-refractivity contribution in [1.82, 2.24) is 0 Å². The maximum atomic E-state index is 13.0. The molecule has 5 nitrogen and oxygen atoms in total. The Morgan fingerprint density at radius 3 is 2.78 bits per heavy atom. The first-order valence-corrected chi connectivity index (χ1v) is 9.22. The smallest absolute Gasteiger partial charge is 0.259 e. The number of nitrogens with one attached hydrogen (secondary N) is 1. The summed E-state index contributed by atoms with van der Waals surface area (Å²) in [5, 5.41) is 4.07. The van der Waals surface area contributed by atoms with E-state index in [1.165, 1.54) is 7.11 Å². The molecule has 0 fully saturated rings. The third-order valence-corrected chi connectivity index (χ3v) is 4.47. The molecule has 1 amide bonds. The number of halogens is 1. The highest BCUT2D eigenvalue weighted by Gasteiger charge is 2.20. The van der Waals surface area contributed by atoms with Crippen LogP contribution in [0.15, 0.2) is 40.8 Å². The van der Waals surface area contributed by atoms with Crippen LogP contribution in [0, 0.1) is 6.92 Å². The van der Waals surface area contributed by atoms with E-state index >= 15 is 0 Å². The molecule has 0 aliphatic heterocycles. The first kappa shape index (κ1) is 19.1. The fourth-order valence-electron chi connectivity index (χ4n) is 2.87. The number of hydrogen-bond donors (Lipinski definition) is 1. The summed E-state index contributed by atoms with van der Waals surface area (Å²) in [7, 11) is 1.54. The van der Waals surface area contributed by atoms with Gasteiger partial charge in [0, 0.05) is 10.4 Å². The third-order valence-electron chi connectivity index (χ3n) is 4.24. The molecule has 0 radical (unpaired) electrons. The molecule has 2 aromatic carbocycles. The highest BCUT2D eigenvalue weighted by Crippen LogP contribution is 2.32. The average Bonchev–Trinajstić information content (AvgIpc) is 2.97. The maximum Gasteiger partial charge on any atom is 0.259 e. The number of ether oxygens (including phenoxy) is 2. The zero-order chi connectivity index (χ0) is 19.4. The van der Waals surface area contributed by atoms with Crippen molar-refractivity contribution in [3.05, 3.63) is 52.7 Å². The zero-order valence-corrected chi connectivity index (χ0v) is 16.4. The summed E-state index contributed by atoms with van der Waals surface area (Å²) in [6.07, 6.45) is 2.03. The van der Waals surface area contributed by atoms with Gasteiger partial charge in [-0.2, -0.15) is 0 Å². The van der Waals surface area contributed by atoms with Crippen LogP contribution >= 0.6 is 11.6 Å². The van der Waals surface area contributed by atoms with E-state index in [1.807, 2.05) is 18.2 Å². The largest absolute Gasteiger partial charge is 0.495 e. The summed E-state index contributed by atoms with van der Waals surface area (Å²) in [5.41, 5.74) is 1.60. The van der Waals surface area contributed by atoms with Crippen molar-refractivity contribution in [2.24, 2.45) is 0 Å². The van der Waals surface area contributed by atoms with Crippen molar-refractivity contribution >= 4 is 34.2 Å². The Balaban J connectivity index is 1.93. The number of benzene rings is 2. The van der Waals surface area contributed by atoms with Crippen molar-refractivity contribution in [3.63, 3.8) is 0 Å². The third kappa shape index (κ3) is 4.19. The summed E-state index contributed by atoms with van der Waals surface area (Å²) in [6, 6.07) is 10.6. The monoisotopic (exact) mass is 387 g/mol. The van der Waals surface area contributed by atoms with Crippen LogP contribution in [-0.4, -0.2) is 19.6 Å². The summed E-state index contributed by atoms with van der Waals surface area (Å²) in [6.45, 7) is 4.51. The van der Waals surface area contributed by atoms with Crippen LogP contribution in [0.1, 0.15) is 35.9 Å². The molecule has 0 saturated heterocycles. The van der Waals surface area contributed by atoms with E-state index in [9.17, 15) is 4.79 Å². The van der Waals surface area contributed by atoms with E-state index < -0.39 is 0 Å². The van der Waals surface area contributed by atoms with Crippen LogP contribution in [0.2, 0.25) is 5.02 Å². The van der Waals surface area contributed by atoms with Crippen LogP contribution < -0.4 is 14.8 Å². The van der Waals surface area contributed by atoms with E-state index in [0.29, 0.717) is 51.1 Å². The van der Waals surface area contributed by atoms with Crippen LogP contribution in [0.25, 0.3) is 11.0 Å². The second-order valence-electron chi connectivity index (χ2n) is 6.19. The second kappa shape index (κ2) is 8.35. The van der Waals surface area contributed by atoms with Crippen LogP contribution in [0.3, 0.4) is 0 Å². The van der Waals surface area contributed by atoms with Gasteiger partial charge < -0.3 is 19.2 Å². The number of unbranched alkanes of at least 4 members (excludes halogenated alkanes) is 1. The summed E-state index contributed by atoms with van der Waals surface area (Å²) in [4.78, 5) is 13.0. The lowest BCUT2D eigenvalue weighted by molar-refractivity contribution is 0.102. The minimum atomic E-state index is -0.294. The minimum Gasteiger partial charge on any atom is -0.495 e. The van der Waals surface area contributed by atoms with Gasteiger partial charge in [-0.05, 0) is 49.7 Å². The Kier molecular flexibility index (Phi) is 5.91. The first-order valence-electron chi connectivity index (χ1n) is 8.84. The van der Waals surface area contributed by atoms with Crippen molar-refractivity contribution in [1.29, 1.82) is 0 Å². The van der Waals surface area contributed by atoms with Crippen LogP contribution in [0.5, 0.6) is 11.5 Å². The quantitative estimate of drug-likeness (QED) is 0.518. The number of fused-ring (bicyclic) bond motifs is 1. The van der Waals surface area contributed by atoms with Crippen molar-refractivity contribution in [2.45, 2.75) is 26.7 Å². The number of amides is 1. The van der Waals surface area contributed by atoms with Gasteiger partial charge in [-0.25, -0.2) is 0 Å². The first-order chi connectivity index (χ1) is 13.0. The molecule has 3 aromatic rings. The van der Waals surface area contributed by atoms with Crippen LogP contribution in [-0.2, 0) is 0 Å². The highest BCUT2D eigenvalue weighted by atomic mass is 35.5. The molecule has 0 unspecified atom stereocenters. The number of anilines is 1. The van der Waals surface area contributed by atoms with Gasteiger partial charge in [-0.15, -0.1) is 0 Å². The van der Waals surface area contributed by atoms with Gasteiger partial charge >= 0.3 is 0 Å². The number of hydrogen-bond acceptors (Lipinski definition) is 4. The Bertz CT molecular complexity index is 964. The number of carbonyl (C=O) groups excluding carboxylic acids is 1. The number of furan rings is 1. The van der Waals surface area contributed by atoms with Gasteiger partial charge in [0.2, 0.25) is 0 Å². The lowest BCUT2D eigenvalue weighted by Crippen LogP contribution is -2.13. The molecule has 3 rings (SSSR count). The second-order valence-corrected chi connectivity index (χ2v) is 6.63. The summed E-state index contributed by atoms with van der Waals surface area (Å²) < 4.78 is 16.8. The van der Waals surface area contributed by atoms with E-state index in [0.717, 1.165) is 12.8 Å². The molecule has 0 saturated carbocycles. The number of rotatable bonds is 7. The van der Waals surface area contributed by atoms with E-state index in [-0.39, 0.29) is 5.91 Å². The average molecular weight is 388 g/mol. The molecule has 0 aliphatic rings. The van der Waals surface area contributed by atoms with E-state index in [4.69, 9.17) is 25.5 Å². The molecule has 0 bridgehead atoms. The van der Waals surface area contributed by atoms with Crippen molar-refractivity contribution in [2.75, 3.05) is 19.0 Å². The van der Waals surface area contributed by atoms with Gasteiger partial charge in [-0.3, -0.25) is 4.79 Å². The summed E-state index contributed by atoms with van der Waals surface area (Å²) in [5.74, 6) is 1.49. The lowest BCUT2D eigenvalue weighted by atomic mass is 10.1. The Morgan fingerprint density at radius 1 is 1.22 bits per heavy atom. The molecule has 1 aromatic heterocycles. The molecular weight excluding hydrogens is 366 g/mol. The van der Waals surface area contributed by atoms with E-state index in [1.54, 1.807) is 25.1 Å². The Labute approximate surface area is 163 Å². The SMILES string of the molecule is CCCCOc1ccc2oc(C)c(C(=O)Nc3cc(Cl)ccc3OC)c2c1. The van der Waals surface area contributed by atoms with Gasteiger partial charge in [0.15, 0.2) is 0 Å². The van der Waals surface area contributed by atoms with Gasteiger partial charge in [-0.1, -0.05) is 24.9 Å². The van der Waals surface area contributed by atoms with Gasteiger partial charge in [0.25, 0.3) is 5.91 Å². The molecule has 1 heterocycles. The molecule has 6 heteroatoms. The Morgan fingerprint density at radius 2 is 2.04 bits per heavy atom. The van der Waals surface area contributed by atoms with E-state index in [2.05, 4.69) is 12.2 Å². The topological polar surface area (TPSA) is 60.7 Å². The normalized spacial score (nSPS) is 10.8.